The van der Waals surface area contributed by atoms with Crippen LogP contribution in [-0.4, -0.2) is 35.5 Å². The molecule has 7 heteroatoms. The number of aromatic hydroxyl groups is 1. The highest BCUT2D eigenvalue weighted by Crippen LogP contribution is 2.25. The summed E-state index contributed by atoms with van der Waals surface area (Å²) in [4.78, 5) is 1.42. The fourth-order valence-corrected chi connectivity index (χ4v) is 2.26. The van der Waals surface area contributed by atoms with Crippen LogP contribution in [-0.2, 0) is 0 Å². The molecule has 7 nitrogen and oxygen atoms in total. The predicted molar refractivity (Wildman–Crippen MR) is 76.2 cm³/mol. The molecule has 0 aliphatic rings. The van der Waals surface area contributed by atoms with E-state index >= 15 is 0 Å². The Hall–Kier alpha value is -3.09. The Morgan fingerprint density at radius 3 is 2.81 bits per heavy atom. The lowest BCUT2D eigenvalue weighted by Gasteiger charge is -2.03. The predicted octanol–water partition coefficient (Wildman–Crippen LogP) is 1.77. The zero-order chi connectivity index (χ0) is 14.4. The summed E-state index contributed by atoms with van der Waals surface area (Å²) in [6.45, 7) is 1.95. The lowest BCUT2D eigenvalue weighted by Crippen LogP contribution is -1.99. The molecule has 4 rings (SSSR count). The number of hydrogen-bond acceptors (Lipinski definition) is 6. The van der Waals surface area contributed by atoms with Crippen molar-refractivity contribution in [3.05, 3.63) is 42.1 Å². The highest BCUT2D eigenvalue weighted by molar-refractivity contribution is 6.01. The van der Waals surface area contributed by atoms with Crippen molar-refractivity contribution in [2.75, 3.05) is 0 Å². The maximum absolute atomic E-state index is 9.99. The smallest absolute Gasteiger partial charge is 0.143 e. The van der Waals surface area contributed by atoms with Crippen molar-refractivity contribution >= 4 is 21.9 Å². The summed E-state index contributed by atoms with van der Waals surface area (Å²) >= 11 is 0. The Morgan fingerprint density at radius 1 is 1.05 bits per heavy atom. The molecular weight excluding hydrogens is 268 g/mol. The molecule has 2 heterocycles. The van der Waals surface area contributed by atoms with E-state index in [1.54, 1.807) is 12.3 Å². The maximum atomic E-state index is 9.99. The van der Waals surface area contributed by atoms with Gasteiger partial charge >= 0.3 is 0 Å². The highest BCUT2D eigenvalue weighted by Gasteiger charge is 2.12. The summed E-state index contributed by atoms with van der Waals surface area (Å²) in [5.74, 6) is 0.128. The average Bonchev–Trinajstić information content (AvgIpc) is 2.94. The molecule has 0 spiro atoms. The summed E-state index contributed by atoms with van der Waals surface area (Å²) in [5.41, 5.74) is 3.64. The van der Waals surface area contributed by atoms with Gasteiger partial charge in [-0.1, -0.05) is 6.07 Å². The van der Waals surface area contributed by atoms with Gasteiger partial charge in [0.1, 0.15) is 22.5 Å². The molecule has 0 aliphatic carbocycles. The van der Waals surface area contributed by atoms with Crippen molar-refractivity contribution in [2.45, 2.75) is 6.92 Å². The lowest BCUT2D eigenvalue weighted by atomic mass is 10.2. The first kappa shape index (κ1) is 11.7. The molecule has 2 aromatic carbocycles. The molecule has 0 saturated carbocycles. The zero-order valence-electron chi connectivity index (χ0n) is 11.1. The minimum absolute atomic E-state index is 0.128. The van der Waals surface area contributed by atoms with Crippen LogP contribution in [0, 0.1) is 6.92 Å². The third-order valence-electron chi connectivity index (χ3n) is 3.31. The molecule has 2 aromatic heterocycles. The second kappa shape index (κ2) is 4.20. The molecule has 0 saturated heterocycles. The van der Waals surface area contributed by atoms with Crippen LogP contribution in [0.2, 0.25) is 0 Å². The van der Waals surface area contributed by atoms with E-state index in [0.717, 1.165) is 10.9 Å². The molecular formula is C14H10N6O. The Labute approximate surface area is 118 Å². The SMILES string of the molecule is Cc1ccc(O)c(-n2nc3ccc4nnncc4c3n2)c1. The van der Waals surface area contributed by atoms with Gasteiger partial charge in [-0.15, -0.1) is 25.2 Å². The van der Waals surface area contributed by atoms with Crippen LogP contribution in [0.3, 0.4) is 0 Å². The van der Waals surface area contributed by atoms with Gasteiger partial charge in [-0.3, -0.25) is 0 Å². The highest BCUT2D eigenvalue weighted by atomic mass is 16.3. The third kappa shape index (κ3) is 1.78. The van der Waals surface area contributed by atoms with Crippen molar-refractivity contribution < 1.29 is 5.11 Å². The van der Waals surface area contributed by atoms with Gasteiger partial charge in [0.05, 0.1) is 17.1 Å². The normalized spacial score (nSPS) is 11.3. The Balaban J connectivity index is 2.03. The van der Waals surface area contributed by atoms with E-state index in [-0.39, 0.29) is 5.75 Å². The zero-order valence-corrected chi connectivity index (χ0v) is 11.1. The van der Waals surface area contributed by atoms with E-state index in [4.69, 9.17) is 0 Å². The third-order valence-corrected chi connectivity index (χ3v) is 3.31. The molecule has 0 bridgehead atoms. The fourth-order valence-electron chi connectivity index (χ4n) is 2.26. The van der Waals surface area contributed by atoms with E-state index in [2.05, 4.69) is 25.6 Å². The summed E-state index contributed by atoms with van der Waals surface area (Å²) in [7, 11) is 0. The van der Waals surface area contributed by atoms with Crippen LogP contribution in [0.5, 0.6) is 5.75 Å². The number of rotatable bonds is 1. The Bertz CT molecular complexity index is 978. The summed E-state index contributed by atoms with van der Waals surface area (Å²) in [6.07, 6.45) is 1.61. The summed E-state index contributed by atoms with van der Waals surface area (Å²) in [5, 5.41) is 31.0. The molecule has 21 heavy (non-hydrogen) atoms. The Morgan fingerprint density at radius 2 is 1.90 bits per heavy atom. The second-order valence-electron chi connectivity index (χ2n) is 4.78. The van der Waals surface area contributed by atoms with Gasteiger partial charge in [0.25, 0.3) is 0 Å². The monoisotopic (exact) mass is 278 g/mol. The van der Waals surface area contributed by atoms with E-state index in [9.17, 15) is 5.11 Å². The maximum Gasteiger partial charge on any atom is 0.143 e. The minimum Gasteiger partial charge on any atom is -0.506 e. The minimum atomic E-state index is 0.128. The average molecular weight is 278 g/mol. The van der Waals surface area contributed by atoms with Gasteiger partial charge in [-0.2, -0.15) is 0 Å². The lowest BCUT2D eigenvalue weighted by molar-refractivity contribution is 0.467. The van der Waals surface area contributed by atoms with Gasteiger partial charge < -0.3 is 5.11 Å². The second-order valence-corrected chi connectivity index (χ2v) is 4.78. The molecule has 0 amide bonds. The number of benzene rings is 2. The number of phenols is 1. The first-order valence-electron chi connectivity index (χ1n) is 6.36. The van der Waals surface area contributed by atoms with Crippen LogP contribution >= 0.6 is 0 Å². The Kier molecular flexibility index (Phi) is 2.34. The molecule has 0 fully saturated rings. The molecule has 0 aliphatic heterocycles. The van der Waals surface area contributed by atoms with E-state index < -0.39 is 0 Å². The van der Waals surface area contributed by atoms with Crippen LogP contribution in [0.25, 0.3) is 27.6 Å². The van der Waals surface area contributed by atoms with Crippen molar-refractivity contribution in [2.24, 2.45) is 0 Å². The van der Waals surface area contributed by atoms with Crippen LogP contribution in [0.15, 0.2) is 36.5 Å². The molecule has 1 N–H and O–H groups in total. The van der Waals surface area contributed by atoms with Crippen molar-refractivity contribution in [3.8, 4) is 11.4 Å². The number of phenolic OH excluding ortho intramolecular Hbond substituents is 1. The number of fused-ring (bicyclic) bond motifs is 3. The van der Waals surface area contributed by atoms with Crippen LogP contribution < -0.4 is 0 Å². The van der Waals surface area contributed by atoms with Crippen molar-refractivity contribution in [3.63, 3.8) is 0 Å². The molecule has 0 unspecified atom stereocenters. The quantitative estimate of drug-likeness (QED) is 0.570. The summed E-state index contributed by atoms with van der Waals surface area (Å²) in [6, 6.07) is 8.93. The first-order valence-corrected chi connectivity index (χ1v) is 6.36. The molecule has 0 radical (unpaired) electrons. The number of nitrogens with zero attached hydrogens (tertiary/aromatic N) is 6. The van der Waals surface area contributed by atoms with Gasteiger partial charge in [-0.25, -0.2) is 0 Å². The van der Waals surface area contributed by atoms with Gasteiger partial charge in [-0.05, 0) is 42.0 Å². The summed E-state index contributed by atoms with van der Waals surface area (Å²) < 4.78 is 0. The van der Waals surface area contributed by atoms with Crippen molar-refractivity contribution in [1.29, 1.82) is 0 Å². The van der Waals surface area contributed by atoms with Gasteiger partial charge in [0.2, 0.25) is 0 Å². The standard InChI is InChI=1S/C14H10N6O/c1-8-2-5-13(21)12(6-8)20-17-11-4-3-10-9(14(11)18-20)7-15-19-16-10/h2-7,21H,1H3. The number of hydrogen-bond donors (Lipinski definition) is 1. The topological polar surface area (TPSA) is 89.6 Å². The van der Waals surface area contributed by atoms with E-state index in [0.29, 0.717) is 22.2 Å². The van der Waals surface area contributed by atoms with E-state index in [1.165, 1.54) is 4.80 Å². The molecule has 102 valence electrons. The molecule has 4 aromatic rings. The number of aryl methyl sites for hydroxylation is 1. The number of aromatic nitrogens is 6. The van der Waals surface area contributed by atoms with Crippen molar-refractivity contribution in [1.82, 2.24) is 30.4 Å². The van der Waals surface area contributed by atoms with Gasteiger partial charge in [0.15, 0.2) is 0 Å². The van der Waals surface area contributed by atoms with Crippen LogP contribution in [0.4, 0.5) is 0 Å². The van der Waals surface area contributed by atoms with E-state index in [1.807, 2.05) is 31.2 Å². The fraction of sp³-hybridized carbons (Fsp3) is 0.0714. The largest absolute Gasteiger partial charge is 0.506 e. The molecule has 0 atom stereocenters. The van der Waals surface area contributed by atoms with Crippen LogP contribution in [0.1, 0.15) is 5.56 Å². The van der Waals surface area contributed by atoms with Gasteiger partial charge in [0, 0.05) is 0 Å². The first-order chi connectivity index (χ1) is 10.2.